The summed E-state index contributed by atoms with van der Waals surface area (Å²) in [4.78, 5) is 18.1. The lowest BCUT2D eigenvalue weighted by atomic mass is 10.00. The van der Waals surface area contributed by atoms with E-state index in [9.17, 15) is 4.79 Å². The number of carbonyl (C=O) groups excluding carboxylic acids is 1. The second-order valence-corrected chi connectivity index (χ2v) is 5.00. The molecule has 104 valence electrons. The SMILES string of the molecule is CN(CC1CCOCC1)C(=O)c1ccc(CN)cn1. The van der Waals surface area contributed by atoms with Crippen LogP contribution in [0.5, 0.6) is 0 Å². The maximum absolute atomic E-state index is 12.2. The molecule has 1 aromatic rings. The van der Waals surface area contributed by atoms with Crippen LogP contribution in [0.3, 0.4) is 0 Å². The van der Waals surface area contributed by atoms with Gasteiger partial charge in [-0.05, 0) is 30.4 Å². The van der Waals surface area contributed by atoms with Gasteiger partial charge in [0.05, 0.1) is 0 Å². The Morgan fingerprint density at radius 1 is 1.47 bits per heavy atom. The largest absolute Gasteiger partial charge is 0.381 e. The minimum absolute atomic E-state index is 0.0323. The maximum atomic E-state index is 12.2. The van der Waals surface area contributed by atoms with Crippen LogP contribution in [-0.4, -0.2) is 42.6 Å². The van der Waals surface area contributed by atoms with Crippen LogP contribution < -0.4 is 5.73 Å². The highest BCUT2D eigenvalue weighted by Gasteiger charge is 2.20. The Kier molecular flexibility index (Phi) is 4.87. The van der Waals surface area contributed by atoms with Gasteiger partial charge in [-0.1, -0.05) is 6.07 Å². The summed E-state index contributed by atoms with van der Waals surface area (Å²) in [7, 11) is 1.83. The molecule has 0 bridgehead atoms. The van der Waals surface area contributed by atoms with Crippen LogP contribution in [0.15, 0.2) is 18.3 Å². The van der Waals surface area contributed by atoms with Gasteiger partial charge in [-0.3, -0.25) is 9.78 Å². The molecule has 2 rings (SSSR count). The first-order valence-electron chi connectivity index (χ1n) is 6.69. The van der Waals surface area contributed by atoms with Gasteiger partial charge in [-0.25, -0.2) is 0 Å². The average molecular weight is 263 g/mol. The van der Waals surface area contributed by atoms with Gasteiger partial charge < -0.3 is 15.4 Å². The molecule has 1 aliphatic heterocycles. The van der Waals surface area contributed by atoms with E-state index in [1.807, 2.05) is 13.1 Å². The lowest BCUT2D eigenvalue weighted by molar-refractivity contribution is 0.0495. The summed E-state index contributed by atoms with van der Waals surface area (Å²) >= 11 is 0. The highest BCUT2D eigenvalue weighted by atomic mass is 16.5. The predicted molar refractivity (Wildman–Crippen MR) is 72.6 cm³/mol. The summed E-state index contributed by atoms with van der Waals surface area (Å²) in [5.41, 5.74) is 6.92. The van der Waals surface area contributed by atoms with Crippen molar-refractivity contribution >= 4 is 5.91 Å². The van der Waals surface area contributed by atoms with Crippen LogP contribution in [0.25, 0.3) is 0 Å². The van der Waals surface area contributed by atoms with Gasteiger partial charge in [0.25, 0.3) is 5.91 Å². The van der Waals surface area contributed by atoms with E-state index in [1.54, 1.807) is 17.2 Å². The Labute approximate surface area is 113 Å². The number of pyridine rings is 1. The van der Waals surface area contributed by atoms with E-state index < -0.39 is 0 Å². The third-order valence-corrected chi connectivity index (χ3v) is 3.50. The van der Waals surface area contributed by atoms with Gasteiger partial charge >= 0.3 is 0 Å². The standard InChI is InChI=1S/C14H21N3O2/c1-17(10-11-4-6-19-7-5-11)14(18)13-3-2-12(8-15)9-16-13/h2-3,9,11H,4-8,10,15H2,1H3. The van der Waals surface area contributed by atoms with E-state index in [-0.39, 0.29) is 5.91 Å². The van der Waals surface area contributed by atoms with E-state index in [0.29, 0.717) is 18.2 Å². The first kappa shape index (κ1) is 14.0. The van der Waals surface area contributed by atoms with Gasteiger partial charge in [0.2, 0.25) is 0 Å². The second-order valence-electron chi connectivity index (χ2n) is 5.00. The number of amides is 1. The van der Waals surface area contributed by atoms with Gasteiger partial charge in [0, 0.05) is 39.5 Å². The Morgan fingerprint density at radius 2 is 2.21 bits per heavy atom. The molecule has 0 aromatic carbocycles. The Morgan fingerprint density at radius 3 is 2.79 bits per heavy atom. The fraction of sp³-hybridized carbons (Fsp3) is 0.571. The second kappa shape index (κ2) is 6.63. The molecule has 5 nitrogen and oxygen atoms in total. The summed E-state index contributed by atoms with van der Waals surface area (Å²) in [6, 6.07) is 3.59. The predicted octanol–water partition coefficient (Wildman–Crippen LogP) is 1.04. The summed E-state index contributed by atoms with van der Waals surface area (Å²) < 4.78 is 5.32. The molecule has 1 amide bonds. The number of aromatic nitrogens is 1. The molecule has 0 spiro atoms. The zero-order valence-corrected chi connectivity index (χ0v) is 11.3. The number of hydrogen-bond acceptors (Lipinski definition) is 4. The van der Waals surface area contributed by atoms with Gasteiger partial charge in [0.15, 0.2) is 0 Å². The molecular formula is C14H21N3O2. The summed E-state index contributed by atoms with van der Waals surface area (Å²) in [5.74, 6) is 0.501. The molecule has 1 aliphatic rings. The lowest BCUT2D eigenvalue weighted by Crippen LogP contribution is -2.34. The summed E-state index contributed by atoms with van der Waals surface area (Å²) in [6.07, 6.45) is 3.71. The number of carbonyl (C=O) groups is 1. The van der Waals surface area contributed by atoms with Crippen LogP contribution in [0.4, 0.5) is 0 Å². The average Bonchev–Trinajstić information content (AvgIpc) is 2.47. The van der Waals surface area contributed by atoms with Crippen LogP contribution >= 0.6 is 0 Å². The van der Waals surface area contributed by atoms with Crippen LogP contribution in [0, 0.1) is 5.92 Å². The van der Waals surface area contributed by atoms with E-state index in [2.05, 4.69) is 4.98 Å². The normalized spacial score (nSPS) is 16.3. The number of hydrogen-bond donors (Lipinski definition) is 1. The molecule has 1 fully saturated rings. The molecule has 0 radical (unpaired) electrons. The summed E-state index contributed by atoms with van der Waals surface area (Å²) in [5, 5.41) is 0. The van der Waals surface area contributed by atoms with E-state index in [1.165, 1.54) is 0 Å². The highest BCUT2D eigenvalue weighted by Crippen LogP contribution is 2.16. The summed E-state index contributed by atoms with van der Waals surface area (Å²) in [6.45, 7) is 2.81. The zero-order valence-electron chi connectivity index (χ0n) is 11.3. The van der Waals surface area contributed by atoms with E-state index in [4.69, 9.17) is 10.5 Å². The van der Waals surface area contributed by atoms with E-state index >= 15 is 0 Å². The van der Waals surface area contributed by atoms with Crippen LogP contribution in [0.1, 0.15) is 28.9 Å². The molecule has 0 atom stereocenters. The van der Waals surface area contributed by atoms with Crippen molar-refractivity contribution < 1.29 is 9.53 Å². The molecule has 2 heterocycles. The monoisotopic (exact) mass is 263 g/mol. The van der Waals surface area contributed by atoms with Crippen molar-refractivity contribution in [2.75, 3.05) is 26.8 Å². The van der Waals surface area contributed by atoms with Crippen LogP contribution in [-0.2, 0) is 11.3 Å². The molecule has 5 heteroatoms. The molecule has 1 saturated heterocycles. The third kappa shape index (κ3) is 3.75. The first-order chi connectivity index (χ1) is 9.20. The number of ether oxygens (including phenoxy) is 1. The fourth-order valence-electron chi connectivity index (χ4n) is 2.27. The molecule has 0 aliphatic carbocycles. The van der Waals surface area contributed by atoms with Crippen molar-refractivity contribution in [1.29, 1.82) is 0 Å². The van der Waals surface area contributed by atoms with Gasteiger partial charge in [-0.2, -0.15) is 0 Å². The van der Waals surface area contributed by atoms with Crippen molar-refractivity contribution in [3.63, 3.8) is 0 Å². The Hall–Kier alpha value is -1.46. The Bertz CT molecular complexity index is 413. The number of nitrogens with two attached hydrogens (primary N) is 1. The Balaban J connectivity index is 1.93. The smallest absolute Gasteiger partial charge is 0.272 e. The minimum atomic E-state index is -0.0323. The molecule has 0 saturated carbocycles. The molecule has 2 N–H and O–H groups in total. The van der Waals surface area contributed by atoms with Crippen molar-refractivity contribution in [1.82, 2.24) is 9.88 Å². The fourth-order valence-corrected chi connectivity index (χ4v) is 2.27. The molecule has 19 heavy (non-hydrogen) atoms. The van der Waals surface area contributed by atoms with Crippen LogP contribution in [0.2, 0.25) is 0 Å². The van der Waals surface area contributed by atoms with Crippen molar-refractivity contribution in [3.05, 3.63) is 29.6 Å². The number of rotatable bonds is 4. The topological polar surface area (TPSA) is 68.5 Å². The van der Waals surface area contributed by atoms with Crippen molar-refractivity contribution in [2.45, 2.75) is 19.4 Å². The third-order valence-electron chi connectivity index (χ3n) is 3.50. The van der Waals surface area contributed by atoms with E-state index in [0.717, 1.165) is 38.2 Å². The minimum Gasteiger partial charge on any atom is -0.381 e. The zero-order chi connectivity index (χ0) is 13.7. The van der Waals surface area contributed by atoms with Crippen molar-refractivity contribution in [2.24, 2.45) is 11.7 Å². The molecule has 1 aromatic heterocycles. The quantitative estimate of drug-likeness (QED) is 0.881. The number of nitrogens with zero attached hydrogens (tertiary/aromatic N) is 2. The molecular weight excluding hydrogens is 242 g/mol. The van der Waals surface area contributed by atoms with Gasteiger partial charge in [0.1, 0.15) is 5.69 Å². The van der Waals surface area contributed by atoms with Gasteiger partial charge in [-0.15, -0.1) is 0 Å². The lowest BCUT2D eigenvalue weighted by Gasteiger charge is -2.27. The maximum Gasteiger partial charge on any atom is 0.272 e. The first-order valence-corrected chi connectivity index (χ1v) is 6.69. The highest BCUT2D eigenvalue weighted by molar-refractivity contribution is 5.92. The molecule has 0 unspecified atom stereocenters. The van der Waals surface area contributed by atoms with Crippen molar-refractivity contribution in [3.8, 4) is 0 Å².